The topological polar surface area (TPSA) is 62.8 Å². The monoisotopic (exact) mass is 256 g/mol. The minimum absolute atomic E-state index is 0.225. The number of nitrogens with two attached hydrogens (primary N) is 1. The van der Waals surface area contributed by atoms with Gasteiger partial charge in [-0.05, 0) is 37.8 Å². The lowest BCUT2D eigenvalue weighted by molar-refractivity contribution is 0.590. The highest BCUT2D eigenvalue weighted by Crippen LogP contribution is 2.32. The average molecular weight is 256 g/mol. The van der Waals surface area contributed by atoms with E-state index in [9.17, 15) is 0 Å². The van der Waals surface area contributed by atoms with Crippen LogP contribution in [0.25, 0.3) is 0 Å². The Kier molecular flexibility index (Phi) is 4.00. The Morgan fingerprint density at radius 1 is 1.53 bits per heavy atom. The van der Waals surface area contributed by atoms with Crippen LogP contribution < -0.4 is 11.1 Å². The van der Waals surface area contributed by atoms with Gasteiger partial charge in [0, 0.05) is 6.21 Å². The van der Waals surface area contributed by atoms with Crippen molar-refractivity contribution in [1.29, 1.82) is 0 Å². The number of hydrogen-bond acceptors (Lipinski definition) is 2. The number of benzene rings is 1. The summed E-state index contributed by atoms with van der Waals surface area (Å²) in [5.41, 5.74) is 9.65. The first-order valence-corrected chi connectivity index (χ1v) is 6.48. The van der Waals surface area contributed by atoms with Gasteiger partial charge in [-0.15, -0.1) is 0 Å². The predicted molar refractivity (Wildman–Crippen MR) is 80.3 cm³/mol. The SMILES string of the molecule is C=C(/N=C(N)\N=C/C)N[C@@H]1CCc2ccc(C)cc21. The highest BCUT2D eigenvalue weighted by atomic mass is 15.1. The summed E-state index contributed by atoms with van der Waals surface area (Å²) in [6, 6.07) is 6.85. The molecular formula is C15H20N4. The van der Waals surface area contributed by atoms with Crippen LogP contribution in [0.5, 0.6) is 0 Å². The first-order valence-electron chi connectivity index (χ1n) is 6.48. The molecule has 4 nitrogen and oxygen atoms in total. The normalized spacial score (nSPS) is 18.6. The molecule has 0 fully saturated rings. The number of aryl methyl sites for hydroxylation is 2. The first-order chi connectivity index (χ1) is 9.10. The quantitative estimate of drug-likeness (QED) is 0.644. The molecule has 0 radical (unpaired) electrons. The molecule has 19 heavy (non-hydrogen) atoms. The van der Waals surface area contributed by atoms with Crippen molar-refractivity contribution in [2.24, 2.45) is 15.7 Å². The van der Waals surface area contributed by atoms with Crippen molar-refractivity contribution in [3.8, 4) is 0 Å². The Labute approximate surface area is 114 Å². The number of nitrogens with one attached hydrogen (secondary N) is 1. The van der Waals surface area contributed by atoms with Gasteiger partial charge in [-0.25, -0.2) is 4.99 Å². The zero-order valence-corrected chi connectivity index (χ0v) is 11.5. The molecule has 0 bridgehead atoms. The molecular weight excluding hydrogens is 236 g/mol. The number of fused-ring (bicyclic) bond motifs is 1. The predicted octanol–water partition coefficient (Wildman–Crippen LogP) is 2.45. The van der Waals surface area contributed by atoms with E-state index in [4.69, 9.17) is 5.73 Å². The summed E-state index contributed by atoms with van der Waals surface area (Å²) >= 11 is 0. The van der Waals surface area contributed by atoms with Gasteiger partial charge in [-0.1, -0.05) is 30.3 Å². The average Bonchev–Trinajstić information content (AvgIpc) is 2.72. The van der Waals surface area contributed by atoms with Crippen molar-refractivity contribution >= 4 is 12.2 Å². The molecule has 0 aliphatic heterocycles. The summed E-state index contributed by atoms with van der Waals surface area (Å²) < 4.78 is 0. The molecule has 1 aromatic carbocycles. The third kappa shape index (κ3) is 3.22. The van der Waals surface area contributed by atoms with E-state index in [0.29, 0.717) is 5.82 Å². The number of hydrogen-bond donors (Lipinski definition) is 2. The van der Waals surface area contributed by atoms with Crippen molar-refractivity contribution in [2.45, 2.75) is 32.7 Å². The third-order valence-corrected chi connectivity index (χ3v) is 3.23. The van der Waals surface area contributed by atoms with Crippen molar-refractivity contribution < 1.29 is 0 Å². The molecule has 100 valence electrons. The summed E-state index contributed by atoms with van der Waals surface area (Å²) in [6.45, 7) is 7.79. The van der Waals surface area contributed by atoms with Gasteiger partial charge >= 0.3 is 0 Å². The summed E-state index contributed by atoms with van der Waals surface area (Å²) in [4.78, 5) is 8.02. The zero-order valence-electron chi connectivity index (χ0n) is 11.5. The molecule has 1 aliphatic rings. The van der Waals surface area contributed by atoms with Gasteiger partial charge in [0.05, 0.1) is 6.04 Å². The minimum Gasteiger partial charge on any atom is -0.368 e. The van der Waals surface area contributed by atoms with E-state index in [1.165, 1.54) is 16.7 Å². The summed E-state index contributed by atoms with van der Waals surface area (Å²) in [7, 11) is 0. The van der Waals surface area contributed by atoms with Crippen molar-refractivity contribution in [3.05, 3.63) is 47.3 Å². The molecule has 0 saturated heterocycles. The fraction of sp³-hybridized carbons (Fsp3) is 0.333. The van der Waals surface area contributed by atoms with E-state index in [1.54, 1.807) is 13.1 Å². The Morgan fingerprint density at radius 2 is 2.32 bits per heavy atom. The molecule has 0 spiro atoms. The highest BCUT2D eigenvalue weighted by molar-refractivity contribution is 5.86. The van der Waals surface area contributed by atoms with E-state index >= 15 is 0 Å². The third-order valence-electron chi connectivity index (χ3n) is 3.23. The van der Waals surface area contributed by atoms with Crippen LogP contribution in [-0.4, -0.2) is 12.2 Å². The molecule has 0 amide bonds. The standard InChI is InChI=1S/C15H20N4/c1-4-17-15(16)19-11(3)18-14-8-7-12-6-5-10(2)9-13(12)14/h4-6,9,14,18H,3,7-8H2,1-2H3,(H2,16,19)/b17-4-/t14-/m1/s1. The van der Waals surface area contributed by atoms with Gasteiger partial charge in [0.15, 0.2) is 0 Å². The van der Waals surface area contributed by atoms with Gasteiger partial charge in [0.1, 0.15) is 5.82 Å². The summed E-state index contributed by atoms with van der Waals surface area (Å²) in [5, 5.41) is 3.32. The Balaban J connectivity index is 2.09. The molecule has 2 rings (SSSR count). The second-order valence-corrected chi connectivity index (χ2v) is 4.74. The fourth-order valence-electron chi connectivity index (χ4n) is 2.40. The van der Waals surface area contributed by atoms with E-state index < -0.39 is 0 Å². The summed E-state index contributed by atoms with van der Waals surface area (Å²) in [5.74, 6) is 0.782. The molecule has 1 aromatic rings. The van der Waals surface area contributed by atoms with Crippen LogP contribution in [0.1, 0.15) is 36.1 Å². The van der Waals surface area contributed by atoms with Crippen LogP contribution in [0, 0.1) is 6.92 Å². The highest BCUT2D eigenvalue weighted by Gasteiger charge is 2.22. The van der Waals surface area contributed by atoms with Gasteiger partial charge in [-0.3, -0.25) is 0 Å². The Morgan fingerprint density at radius 3 is 3.05 bits per heavy atom. The lowest BCUT2D eigenvalue weighted by Crippen LogP contribution is -2.19. The summed E-state index contributed by atoms with van der Waals surface area (Å²) in [6.07, 6.45) is 3.76. The van der Waals surface area contributed by atoms with Gasteiger partial charge in [0.25, 0.3) is 0 Å². The lowest BCUT2D eigenvalue weighted by Gasteiger charge is -2.15. The number of rotatable bonds is 3. The van der Waals surface area contributed by atoms with Crippen molar-refractivity contribution in [2.75, 3.05) is 0 Å². The van der Waals surface area contributed by atoms with E-state index in [-0.39, 0.29) is 12.0 Å². The molecule has 0 unspecified atom stereocenters. The van der Waals surface area contributed by atoms with Crippen LogP contribution in [0.2, 0.25) is 0 Å². The van der Waals surface area contributed by atoms with E-state index in [2.05, 4.69) is 47.0 Å². The number of aliphatic imine (C=N–C) groups is 2. The van der Waals surface area contributed by atoms with Crippen LogP contribution in [-0.2, 0) is 6.42 Å². The van der Waals surface area contributed by atoms with Crippen LogP contribution in [0.4, 0.5) is 0 Å². The van der Waals surface area contributed by atoms with E-state index in [0.717, 1.165) is 12.8 Å². The Hall–Kier alpha value is -2.10. The zero-order chi connectivity index (χ0) is 13.8. The van der Waals surface area contributed by atoms with Crippen LogP contribution in [0.15, 0.2) is 40.6 Å². The van der Waals surface area contributed by atoms with Crippen molar-refractivity contribution in [3.63, 3.8) is 0 Å². The maximum absolute atomic E-state index is 5.63. The Bertz CT molecular complexity index is 543. The van der Waals surface area contributed by atoms with Gasteiger partial charge < -0.3 is 11.1 Å². The van der Waals surface area contributed by atoms with E-state index in [1.807, 2.05) is 0 Å². The molecule has 4 heteroatoms. The molecule has 1 atom stereocenters. The van der Waals surface area contributed by atoms with Crippen molar-refractivity contribution in [1.82, 2.24) is 5.32 Å². The smallest absolute Gasteiger partial charge is 0.221 e. The van der Waals surface area contributed by atoms with Gasteiger partial charge in [-0.2, -0.15) is 4.99 Å². The second kappa shape index (κ2) is 5.69. The molecule has 3 N–H and O–H groups in total. The molecule has 1 aliphatic carbocycles. The van der Waals surface area contributed by atoms with Crippen LogP contribution >= 0.6 is 0 Å². The molecule has 0 saturated carbocycles. The second-order valence-electron chi connectivity index (χ2n) is 4.74. The number of guanidine groups is 1. The largest absolute Gasteiger partial charge is 0.368 e. The fourth-order valence-corrected chi connectivity index (χ4v) is 2.40. The van der Waals surface area contributed by atoms with Gasteiger partial charge in [0.2, 0.25) is 5.96 Å². The lowest BCUT2D eigenvalue weighted by atomic mass is 10.1. The molecule has 0 aromatic heterocycles. The number of nitrogens with zero attached hydrogens (tertiary/aromatic N) is 2. The maximum Gasteiger partial charge on any atom is 0.221 e. The minimum atomic E-state index is 0.225. The maximum atomic E-state index is 5.63. The van der Waals surface area contributed by atoms with Crippen LogP contribution in [0.3, 0.4) is 0 Å². The first kappa shape index (κ1) is 13.3. The molecule has 0 heterocycles.